The molecule has 0 aliphatic carbocycles. The van der Waals surface area contributed by atoms with Crippen LogP contribution in [0.25, 0.3) is 0 Å². The van der Waals surface area contributed by atoms with E-state index in [2.05, 4.69) is 5.32 Å². The van der Waals surface area contributed by atoms with E-state index in [1.165, 1.54) is 6.26 Å². The number of ether oxygens (including phenoxy) is 3. The highest BCUT2D eigenvalue weighted by Crippen LogP contribution is 2.32. The summed E-state index contributed by atoms with van der Waals surface area (Å²) in [5.74, 6) is 0.00324. The Morgan fingerprint density at radius 1 is 1.32 bits per heavy atom. The minimum absolute atomic E-state index is 0.0356. The molecule has 1 aromatic carbocycles. The SMILES string of the molecule is O=C(CCNC(=O)c1ccco1)OCc1cc(Cl)cc2c1OCOC2. The molecule has 2 aromatic rings. The largest absolute Gasteiger partial charge is 0.467 e. The van der Waals surface area contributed by atoms with Crippen molar-refractivity contribution in [3.05, 3.63) is 52.4 Å². The number of hydrogen-bond acceptors (Lipinski definition) is 6. The summed E-state index contributed by atoms with van der Waals surface area (Å²) in [5.41, 5.74) is 1.49. The summed E-state index contributed by atoms with van der Waals surface area (Å²) in [6.07, 6.45) is 1.45. The molecule has 0 unspecified atom stereocenters. The lowest BCUT2D eigenvalue weighted by atomic mass is 10.1. The van der Waals surface area contributed by atoms with Crippen LogP contribution in [0.4, 0.5) is 0 Å². The Kier molecular flexibility index (Phi) is 5.57. The van der Waals surface area contributed by atoms with Crippen molar-refractivity contribution < 1.29 is 28.2 Å². The van der Waals surface area contributed by atoms with Gasteiger partial charge in [0.1, 0.15) is 12.4 Å². The maximum atomic E-state index is 11.8. The average molecular weight is 366 g/mol. The van der Waals surface area contributed by atoms with Crippen LogP contribution in [0, 0.1) is 0 Å². The Bertz CT molecular complexity index is 759. The van der Waals surface area contributed by atoms with E-state index in [1.54, 1.807) is 24.3 Å². The number of nitrogens with one attached hydrogen (secondary N) is 1. The van der Waals surface area contributed by atoms with Gasteiger partial charge in [0.2, 0.25) is 0 Å². The fraction of sp³-hybridized carbons (Fsp3) is 0.294. The van der Waals surface area contributed by atoms with Gasteiger partial charge in [-0.3, -0.25) is 9.59 Å². The molecule has 0 saturated heterocycles. The van der Waals surface area contributed by atoms with Crippen molar-refractivity contribution in [2.24, 2.45) is 0 Å². The number of carbonyl (C=O) groups is 2. The van der Waals surface area contributed by atoms with Crippen LogP contribution in [0.1, 0.15) is 28.1 Å². The first-order valence-electron chi connectivity index (χ1n) is 7.62. The topological polar surface area (TPSA) is 87.0 Å². The lowest BCUT2D eigenvalue weighted by Gasteiger charge is -2.21. The Hall–Kier alpha value is -2.51. The minimum atomic E-state index is -0.444. The first-order chi connectivity index (χ1) is 12.1. The lowest BCUT2D eigenvalue weighted by Crippen LogP contribution is -2.26. The van der Waals surface area contributed by atoms with Crippen LogP contribution in [-0.4, -0.2) is 25.2 Å². The lowest BCUT2D eigenvalue weighted by molar-refractivity contribution is -0.144. The zero-order valence-electron chi connectivity index (χ0n) is 13.2. The second kappa shape index (κ2) is 8.04. The Labute approximate surface area is 148 Å². The number of furan rings is 1. The van der Waals surface area contributed by atoms with E-state index < -0.39 is 5.97 Å². The molecule has 1 aliphatic rings. The molecular weight excluding hydrogens is 350 g/mol. The van der Waals surface area contributed by atoms with Gasteiger partial charge in [-0.25, -0.2) is 0 Å². The molecule has 0 spiro atoms. The molecule has 7 nitrogen and oxygen atoms in total. The van der Waals surface area contributed by atoms with E-state index in [0.29, 0.717) is 22.9 Å². The van der Waals surface area contributed by atoms with Crippen molar-refractivity contribution in [1.29, 1.82) is 0 Å². The molecule has 25 heavy (non-hydrogen) atoms. The highest BCUT2D eigenvalue weighted by Gasteiger charge is 2.17. The normalized spacial score (nSPS) is 12.8. The summed E-state index contributed by atoms with van der Waals surface area (Å²) in [7, 11) is 0. The van der Waals surface area contributed by atoms with Gasteiger partial charge >= 0.3 is 5.97 Å². The summed E-state index contributed by atoms with van der Waals surface area (Å²) < 4.78 is 20.8. The Morgan fingerprint density at radius 2 is 2.20 bits per heavy atom. The molecule has 1 aromatic heterocycles. The first kappa shape index (κ1) is 17.3. The van der Waals surface area contributed by atoms with Crippen molar-refractivity contribution in [2.75, 3.05) is 13.3 Å². The van der Waals surface area contributed by atoms with Crippen molar-refractivity contribution in [1.82, 2.24) is 5.32 Å². The number of esters is 1. The summed E-state index contributed by atoms with van der Waals surface area (Å²) >= 11 is 6.06. The second-order valence-corrected chi connectivity index (χ2v) is 5.74. The standard InChI is InChI=1S/C17H16ClNO6/c18-13-6-11-8-22-10-25-16(11)12(7-13)9-24-15(20)3-4-19-17(21)14-2-1-5-23-14/h1-2,5-7H,3-4,8-10H2,(H,19,21). The molecule has 0 fully saturated rings. The third-order valence-electron chi connectivity index (χ3n) is 3.50. The number of amides is 1. The van der Waals surface area contributed by atoms with E-state index in [4.69, 9.17) is 30.2 Å². The van der Waals surface area contributed by atoms with E-state index >= 15 is 0 Å². The zero-order chi connectivity index (χ0) is 17.6. The van der Waals surface area contributed by atoms with E-state index in [-0.39, 0.29) is 38.0 Å². The van der Waals surface area contributed by atoms with Crippen LogP contribution >= 0.6 is 11.6 Å². The number of halogens is 1. The van der Waals surface area contributed by atoms with Gasteiger partial charge in [-0.2, -0.15) is 0 Å². The quantitative estimate of drug-likeness (QED) is 0.792. The van der Waals surface area contributed by atoms with E-state index in [1.807, 2.05) is 0 Å². The summed E-state index contributed by atoms with van der Waals surface area (Å²) in [5, 5.41) is 3.10. The van der Waals surface area contributed by atoms with Gasteiger partial charge in [0.25, 0.3) is 5.91 Å². The number of fused-ring (bicyclic) bond motifs is 1. The first-order valence-corrected chi connectivity index (χ1v) is 8.00. The average Bonchev–Trinajstić information content (AvgIpc) is 3.14. The number of carbonyl (C=O) groups excluding carboxylic acids is 2. The van der Waals surface area contributed by atoms with Crippen LogP contribution in [0.5, 0.6) is 5.75 Å². The van der Waals surface area contributed by atoms with Gasteiger partial charge in [0.15, 0.2) is 12.6 Å². The highest BCUT2D eigenvalue weighted by atomic mass is 35.5. The Morgan fingerprint density at radius 3 is 3.00 bits per heavy atom. The van der Waals surface area contributed by atoms with Gasteiger partial charge in [-0.1, -0.05) is 11.6 Å². The third kappa shape index (κ3) is 4.52. The van der Waals surface area contributed by atoms with Gasteiger partial charge < -0.3 is 23.9 Å². The van der Waals surface area contributed by atoms with Crippen molar-refractivity contribution in [3.8, 4) is 5.75 Å². The molecule has 0 radical (unpaired) electrons. The van der Waals surface area contributed by atoms with Gasteiger partial charge in [-0.15, -0.1) is 0 Å². The Balaban J connectivity index is 1.48. The predicted molar refractivity (Wildman–Crippen MR) is 87.2 cm³/mol. The molecule has 0 atom stereocenters. The fourth-order valence-electron chi connectivity index (χ4n) is 2.37. The van der Waals surface area contributed by atoms with Gasteiger partial charge in [0, 0.05) is 22.7 Å². The molecule has 1 N–H and O–H groups in total. The molecular formula is C17H16ClNO6. The van der Waals surface area contributed by atoms with Crippen molar-refractivity contribution in [2.45, 2.75) is 19.6 Å². The fourth-order valence-corrected chi connectivity index (χ4v) is 2.63. The van der Waals surface area contributed by atoms with Crippen LogP contribution in [0.3, 0.4) is 0 Å². The third-order valence-corrected chi connectivity index (χ3v) is 3.72. The van der Waals surface area contributed by atoms with Gasteiger partial charge in [0.05, 0.1) is 19.3 Å². The van der Waals surface area contributed by atoms with Crippen LogP contribution in [0.2, 0.25) is 5.02 Å². The molecule has 0 saturated carbocycles. The molecule has 132 valence electrons. The van der Waals surface area contributed by atoms with Crippen LogP contribution in [-0.2, 0) is 27.5 Å². The molecule has 0 bridgehead atoms. The van der Waals surface area contributed by atoms with E-state index in [0.717, 1.165) is 5.56 Å². The monoisotopic (exact) mass is 365 g/mol. The summed E-state index contributed by atoms with van der Waals surface area (Å²) in [4.78, 5) is 23.5. The molecule has 2 heterocycles. The van der Waals surface area contributed by atoms with Crippen LogP contribution in [0.15, 0.2) is 34.9 Å². The predicted octanol–water partition coefficient (Wildman–Crippen LogP) is 2.66. The summed E-state index contributed by atoms with van der Waals surface area (Å²) in [6.45, 7) is 0.730. The molecule has 1 aliphatic heterocycles. The maximum Gasteiger partial charge on any atom is 0.307 e. The molecule has 8 heteroatoms. The minimum Gasteiger partial charge on any atom is -0.467 e. The van der Waals surface area contributed by atoms with Gasteiger partial charge in [-0.05, 0) is 24.3 Å². The zero-order valence-corrected chi connectivity index (χ0v) is 14.0. The smallest absolute Gasteiger partial charge is 0.307 e. The molecule has 3 rings (SSSR count). The second-order valence-electron chi connectivity index (χ2n) is 5.31. The number of rotatable bonds is 6. The van der Waals surface area contributed by atoms with Crippen molar-refractivity contribution >= 4 is 23.5 Å². The van der Waals surface area contributed by atoms with Crippen molar-refractivity contribution in [3.63, 3.8) is 0 Å². The molecule has 1 amide bonds. The maximum absolute atomic E-state index is 11.8. The number of hydrogen-bond donors (Lipinski definition) is 1. The number of benzene rings is 1. The summed E-state index contributed by atoms with van der Waals surface area (Å²) in [6, 6.07) is 6.60. The highest BCUT2D eigenvalue weighted by molar-refractivity contribution is 6.30. The van der Waals surface area contributed by atoms with E-state index in [9.17, 15) is 9.59 Å². The van der Waals surface area contributed by atoms with Crippen LogP contribution < -0.4 is 10.1 Å².